The van der Waals surface area contributed by atoms with E-state index in [1.807, 2.05) is 0 Å². The Balaban J connectivity index is 2.58. The van der Waals surface area contributed by atoms with Crippen LogP contribution in [-0.2, 0) is 4.74 Å². The molecule has 94 valence electrons. The maximum absolute atomic E-state index is 11.0. The van der Waals surface area contributed by atoms with E-state index >= 15 is 0 Å². The summed E-state index contributed by atoms with van der Waals surface area (Å²) in [6, 6.07) is 4.65. The van der Waals surface area contributed by atoms with Crippen molar-refractivity contribution in [2.45, 2.75) is 0 Å². The summed E-state index contributed by atoms with van der Waals surface area (Å²) in [5, 5.41) is 17.4. The van der Waals surface area contributed by atoms with E-state index in [0.29, 0.717) is 0 Å². The van der Waals surface area contributed by atoms with Crippen LogP contribution in [0.5, 0.6) is 5.75 Å². The fraction of sp³-hybridized carbons (Fsp3) is 0.364. The third-order valence-electron chi connectivity index (χ3n) is 1.99. The first-order valence-corrected chi connectivity index (χ1v) is 5.10. The van der Waals surface area contributed by atoms with Crippen LogP contribution in [-0.4, -0.2) is 42.6 Å². The number of anilines is 1. The Hall–Kier alpha value is -1.79. The fourth-order valence-corrected chi connectivity index (χ4v) is 1.27. The van der Waals surface area contributed by atoms with Gasteiger partial charge in [-0.05, 0) is 12.1 Å². The van der Waals surface area contributed by atoms with Gasteiger partial charge in [0.05, 0.1) is 19.8 Å². The van der Waals surface area contributed by atoms with E-state index in [0.717, 1.165) is 0 Å². The van der Waals surface area contributed by atoms with Gasteiger partial charge in [0.15, 0.2) is 0 Å². The molecular weight excluding hydrogens is 226 g/mol. The van der Waals surface area contributed by atoms with Crippen molar-refractivity contribution in [2.75, 3.05) is 32.2 Å². The first kappa shape index (κ1) is 13.3. The minimum atomic E-state index is -1.13. The van der Waals surface area contributed by atoms with E-state index in [2.05, 4.69) is 0 Å². The summed E-state index contributed by atoms with van der Waals surface area (Å²) in [5.41, 5.74) is 5.66. The Morgan fingerprint density at radius 3 is 2.71 bits per heavy atom. The zero-order chi connectivity index (χ0) is 12.7. The van der Waals surface area contributed by atoms with Crippen LogP contribution >= 0.6 is 0 Å². The monoisotopic (exact) mass is 241 g/mol. The highest BCUT2D eigenvalue weighted by Gasteiger charge is 2.14. The van der Waals surface area contributed by atoms with Gasteiger partial charge in [-0.2, -0.15) is 0 Å². The molecule has 0 aromatic heterocycles. The predicted octanol–water partition coefficient (Wildman–Crippen LogP) is 0.355. The van der Waals surface area contributed by atoms with Gasteiger partial charge in [0.2, 0.25) is 0 Å². The predicted molar refractivity (Wildman–Crippen MR) is 61.2 cm³/mol. The number of hydrogen-bond donors (Lipinski definition) is 3. The van der Waals surface area contributed by atoms with Crippen LogP contribution in [0.25, 0.3) is 0 Å². The molecule has 0 atom stereocenters. The molecule has 0 saturated carbocycles. The molecule has 0 spiro atoms. The van der Waals surface area contributed by atoms with Crippen molar-refractivity contribution in [1.82, 2.24) is 0 Å². The molecule has 0 radical (unpaired) electrons. The molecule has 0 aliphatic rings. The lowest BCUT2D eigenvalue weighted by atomic mass is 10.1. The SMILES string of the molecule is Nc1cccc(OCCOCCO)c1C(=O)O. The molecule has 1 aromatic rings. The van der Waals surface area contributed by atoms with Crippen LogP contribution in [0, 0.1) is 0 Å². The van der Waals surface area contributed by atoms with Crippen molar-refractivity contribution in [3.8, 4) is 5.75 Å². The number of carbonyl (C=O) groups is 1. The van der Waals surface area contributed by atoms with Gasteiger partial charge in [0, 0.05) is 5.69 Å². The summed E-state index contributed by atoms with van der Waals surface area (Å²) in [6.07, 6.45) is 0. The molecule has 0 amide bonds. The van der Waals surface area contributed by atoms with Crippen molar-refractivity contribution in [1.29, 1.82) is 0 Å². The molecule has 0 saturated heterocycles. The minimum Gasteiger partial charge on any atom is -0.490 e. The van der Waals surface area contributed by atoms with Gasteiger partial charge in [-0.1, -0.05) is 6.07 Å². The fourth-order valence-electron chi connectivity index (χ4n) is 1.27. The molecular formula is C11H15NO5. The lowest BCUT2D eigenvalue weighted by Crippen LogP contribution is -2.12. The third kappa shape index (κ3) is 3.93. The number of nitrogen functional groups attached to an aromatic ring is 1. The van der Waals surface area contributed by atoms with Crippen LogP contribution in [0.3, 0.4) is 0 Å². The Bertz CT molecular complexity index is 380. The van der Waals surface area contributed by atoms with Gasteiger partial charge in [-0.15, -0.1) is 0 Å². The molecule has 17 heavy (non-hydrogen) atoms. The van der Waals surface area contributed by atoms with Gasteiger partial charge in [0.1, 0.15) is 17.9 Å². The summed E-state index contributed by atoms with van der Waals surface area (Å²) in [5.74, 6) is -0.917. The normalized spacial score (nSPS) is 10.2. The number of aliphatic hydroxyl groups excluding tert-OH is 1. The molecule has 1 aromatic carbocycles. The van der Waals surface area contributed by atoms with Gasteiger partial charge in [-0.25, -0.2) is 4.79 Å². The van der Waals surface area contributed by atoms with Crippen molar-refractivity contribution in [3.05, 3.63) is 23.8 Å². The minimum absolute atomic E-state index is 0.0466. The highest BCUT2D eigenvalue weighted by Crippen LogP contribution is 2.24. The zero-order valence-electron chi connectivity index (χ0n) is 9.26. The Morgan fingerprint density at radius 1 is 1.29 bits per heavy atom. The quantitative estimate of drug-likeness (QED) is 0.470. The average Bonchev–Trinajstić information content (AvgIpc) is 2.28. The molecule has 0 aliphatic heterocycles. The smallest absolute Gasteiger partial charge is 0.341 e. The highest BCUT2D eigenvalue weighted by atomic mass is 16.5. The Morgan fingerprint density at radius 2 is 2.06 bits per heavy atom. The van der Waals surface area contributed by atoms with Crippen LogP contribution in [0.2, 0.25) is 0 Å². The standard InChI is InChI=1S/C11H15NO5/c12-8-2-1-3-9(10(8)11(14)15)17-7-6-16-5-4-13/h1-3,13H,4-7,12H2,(H,14,15). The van der Waals surface area contributed by atoms with Crippen molar-refractivity contribution >= 4 is 11.7 Å². The molecule has 6 nitrogen and oxygen atoms in total. The number of aromatic carboxylic acids is 1. The average molecular weight is 241 g/mol. The summed E-state index contributed by atoms with van der Waals surface area (Å²) in [6.45, 7) is 0.642. The van der Waals surface area contributed by atoms with Crippen LogP contribution in [0.1, 0.15) is 10.4 Å². The molecule has 0 unspecified atom stereocenters. The number of carboxylic acids is 1. The van der Waals surface area contributed by atoms with Crippen LogP contribution in [0.15, 0.2) is 18.2 Å². The van der Waals surface area contributed by atoms with Crippen LogP contribution < -0.4 is 10.5 Å². The second-order valence-corrected chi connectivity index (χ2v) is 3.21. The number of ether oxygens (including phenoxy) is 2. The molecule has 0 fully saturated rings. The third-order valence-corrected chi connectivity index (χ3v) is 1.99. The Labute approximate surface area is 98.6 Å². The number of carboxylic acid groups (broad SMARTS) is 1. The zero-order valence-corrected chi connectivity index (χ0v) is 9.26. The first-order chi connectivity index (χ1) is 8.16. The molecule has 0 aliphatic carbocycles. The first-order valence-electron chi connectivity index (χ1n) is 5.10. The van der Waals surface area contributed by atoms with E-state index in [1.54, 1.807) is 6.07 Å². The van der Waals surface area contributed by atoms with Crippen molar-refractivity contribution in [3.63, 3.8) is 0 Å². The number of nitrogens with two attached hydrogens (primary N) is 1. The second-order valence-electron chi connectivity index (χ2n) is 3.21. The van der Waals surface area contributed by atoms with E-state index in [9.17, 15) is 4.79 Å². The topological polar surface area (TPSA) is 102 Å². The second kappa shape index (κ2) is 6.72. The van der Waals surface area contributed by atoms with E-state index in [1.165, 1.54) is 12.1 Å². The van der Waals surface area contributed by atoms with Crippen molar-refractivity contribution in [2.24, 2.45) is 0 Å². The van der Waals surface area contributed by atoms with E-state index in [4.69, 9.17) is 25.4 Å². The van der Waals surface area contributed by atoms with Gasteiger partial charge < -0.3 is 25.4 Å². The van der Waals surface area contributed by atoms with Crippen LogP contribution in [0.4, 0.5) is 5.69 Å². The number of benzene rings is 1. The number of aliphatic hydroxyl groups is 1. The number of rotatable bonds is 7. The molecule has 4 N–H and O–H groups in total. The van der Waals surface area contributed by atoms with E-state index < -0.39 is 5.97 Å². The van der Waals surface area contributed by atoms with E-state index in [-0.39, 0.29) is 43.4 Å². The summed E-state index contributed by atoms with van der Waals surface area (Å²) in [7, 11) is 0. The van der Waals surface area contributed by atoms with Gasteiger partial charge >= 0.3 is 5.97 Å². The molecule has 1 rings (SSSR count). The largest absolute Gasteiger partial charge is 0.490 e. The maximum atomic E-state index is 11.0. The summed E-state index contributed by atoms with van der Waals surface area (Å²) in [4.78, 5) is 11.0. The molecule has 0 bridgehead atoms. The van der Waals surface area contributed by atoms with Gasteiger partial charge in [-0.3, -0.25) is 0 Å². The number of hydrogen-bond acceptors (Lipinski definition) is 5. The lowest BCUT2D eigenvalue weighted by Gasteiger charge is -2.10. The highest BCUT2D eigenvalue weighted by molar-refractivity contribution is 5.96. The maximum Gasteiger partial charge on any atom is 0.341 e. The van der Waals surface area contributed by atoms with Crippen molar-refractivity contribution < 1.29 is 24.5 Å². The Kier molecular flexibility index (Phi) is 5.25. The summed E-state index contributed by atoms with van der Waals surface area (Å²) < 4.78 is 10.2. The molecule has 0 heterocycles. The lowest BCUT2D eigenvalue weighted by molar-refractivity contribution is 0.0658. The van der Waals surface area contributed by atoms with Gasteiger partial charge in [0.25, 0.3) is 0 Å². The summed E-state index contributed by atoms with van der Waals surface area (Å²) >= 11 is 0. The molecule has 6 heteroatoms.